The first-order valence-corrected chi connectivity index (χ1v) is 11.8. The molecule has 1 heterocycles. The average Bonchev–Trinajstić information content (AvgIpc) is 2.82. The summed E-state index contributed by atoms with van der Waals surface area (Å²) in [5.74, 6) is 0.508. The van der Waals surface area contributed by atoms with Gasteiger partial charge in [-0.2, -0.15) is 0 Å². The van der Waals surface area contributed by atoms with Crippen LogP contribution >= 0.6 is 11.9 Å². The van der Waals surface area contributed by atoms with E-state index < -0.39 is 0 Å². The monoisotopic (exact) mass is 465 g/mol. The molecule has 0 spiro atoms. The third-order valence-electron chi connectivity index (χ3n) is 5.49. The SMILES string of the molecule is CNc1cc(CNC(=O)Cn2c(C)ccc(NSCc3ccccc3)c2=O)c(C)cc1CN. The topological polar surface area (TPSA) is 101 Å². The third-order valence-corrected chi connectivity index (χ3v) is 6.33. The number of amides is 1. The number of nitrogens with zero attached hydrogens (tertiary/aromatic N) is 1. The summed E-state index contributed by atoms with van der Waals surface area (Å²) in [7, 11) is 1.85. The maximum atomic E-state index is 12.9. The maximum absolute atomic E-state index is 12.9. The Morgan fingerprint density at radius 2 is 1.79 bits per heavy atom. The van der Waals surface area contributed by atoms with Crippen molar-refractivity contribution in [2.24, 2.45) is 5.73 Å². The zero-order valence-corrected chi connectivity index (χ0v) is 20.1. The second-order valence-corrected chi connectivity index (χ2v) is 8.60. The van der Waals surface area contributed by atoms with Gasteiger partial charge >= 0.3 is 0 Å². The summed E-state index contributed by atoms with van der Waals surface area (Å²) in [4.78, 5) is 25.6. The minimum atomic E-state index is -0.220. The molecule has 0 bridgehead atoms. The molecule has 1 aromatic heterocycles. The first kappa shape index (κ1) is 24.4. The van der Waals surface area contributed by atoms with Crippen LogP contribution in [0.25, 0.3) is 0 Å². The van der Waals surface area contributed by atoms with Crippen molar-refractivity contribution < 1.29 is 4.79 Å². The van der Waals surface area contributed by atoms with Gasteiger partial charge in [0, 0.05) is 37.3 Å². The lowest BCUT2D eigenvalue weighted by Gasteiger charge is -2.15. The molecule has 0 radical (unpaired) electrons. The number of aromatic nitrogens is 1. The van der Waals surface area contributed by atoms with Crippen molar-refractivity contribution >= 4 is 29.2 Å². The molecular formula is C25H31N5O2S. The van der Waals surface area contributed by atoms with Gasteiger partial charge in [-0.25, -0.2) is 0 Å². The molecule has 0 saturated carbocycles. The van der Waals surface area contributed by atoms with E-state index in [2.05, 4.69) is 15.4 Å². The zero-order chi connectivity index (χ0) is 23.8. The summed E-state index contributed by atoms with van der Waals surface area (Å²) in [5.41, 5.74) is 12.0. The van der Waals surface area contributed by atoms with Crippen LogP contribution in [0.1, 0.15) is 27.9 Å². The number of anilines is 2. The van der Waals surface area contributed by atoms with Gasteiger partial charge in [0.1, 0.15) is 12.2 Å². The Bertz CT molecular complexity index is 1160. The highest BCUT2D eigenvalue weighted by atomic mass is 32.2. The number of nitrogens with two attached hydrogens (primary N) is 1. The number of hydrogen-bond acceptors (Lipinski definition) is 6. The molecule has 1 amide bonds. The molecule has 0 fully saturated rings. The van der Waals surface area contributed by atoms with E-state index in [1.54, 1.807) is 6.07 Å². The number of pyridine rings is 1. The first-order valence-electron chi connectivity index (χ1n) is 10.8. The van der Waals surface area contributed by atoms with E-state index in [4.69, 9.17) is 5.73 Å². The number of carbonyl (C=O) groups excluding carboxylic acids is 1. The van der Waals surface area contributed by atoms with Crippen molar-refractivity contribution in [3.8, 4) is 0 Å². The lowest BCUT2D eigenvalue weighted by Crippen LogP contribution is -2.33. The Kier molecular flexibility index (Phi) is 8.57. The van der Waals surface area contributed by atoms with Crippen LogP contribution in [-0.4, -0.2) is 17.5 Å². The predicted octanol–water partition coefficient (Wildman–Crippen LogP) is 3.54. The van der Waals surface area contributed by atoms with Gasteiger partial charge in [0.2, 0.25) is 5.91 Å². The second kappa shape index (κ2) is 11.6. The Hall–Kier alpha value is -3.23. The van der Waals surface area contributed by atoms with Crippen LogP contribution in [0.5, 0.6) is 0 Å². The van der Waals surface area contributed by atoms with E-state index in [9.17, 15) is 9.59 Å². The molecule has 0 unspecified atom stereocenters. The van der Waals surface area contributed by atoms with E-state index in [1.807, 2.05) is 69.4 Å². The highest BCUT2D eigenvalue weighted by Gasteiger charge is 2.12. The number of nitrogens with one attached hydrogen (secondary N) is 3. The molecule has 0 saturated heterocycles. The molecule has 0 atom stereocenters. The molecule has 3 rings (SSSR count). The zero-order valence-electron chi connectivity index (χ0n) is 19.3. The highest BCUT2D eigenvalue weighted by Crippen LogP contribution is 2.21. The van der Waals surface area contributed by atoms with Gasteiger partial charge in [0.15, 0.2) is 0 Å². The van der Waals surface area contributed by atoms with Crippen LogP contribution in [0.4, 0.5) is 11.4 Å². The van der Waals surface area contributed by atoms with Crippen LogP contribution in [0.2, 0.25) is 0 Å². The van der Waals surface area contributed by atoms with Gasteiger partial charge in [-0.3, -0.25) is 9.59 Å². The van der Waals surface area contributed by atoms with Crippen LogP contribution in [0, 0.1) is 13.8 Å². The lowest BCUT2D eigenvalue weighted by atomic mass is 10.0. The molecule has 0 aliphatic carbocycles. The lowest BCUT2D eigenvalue weighted by molar-refractivity contribution is -0.121. The van der Waals surface area contributed by atoms with Gasteiger partial charge in [0.25, 0.3) is 5.56 Å². The summed E-state index contributed by atoms with van der Waals surface area (Å²) in [6.07, 6.45) is 0. The van der Waals surface area contributed by atoms with Gasteiger partial charge in [0.05, 0.1) is 0 Å². The number of carbonyl (C=O) groups is 1. The third kappa shape index (κ3) is 6.40. The molecule has 0 aliphatic rings. The maximum Gasteiger partial charge on any atom is 0.275 e. The molecule has 174 valence electrons. The summed E-state index contributed by atoms with van der Waals surface area (Å²) < 4.78 is 4.62. The highest BCUT2D eigenvalue weighted by molar-refractivity contribution is 7.99. The second-order valence-electron chi connectivity index (χ2n) is 7.82. The molecule has 5 N–H and O–H groups in total. The Morgan fingerprint density at radius 1 is 1.03 bits per heavy atom. The van der Waals surface area contributed by atoms with Crippen LogP contribution in [-0.2, 0) is 30.2 Å². The van der Waals surface area contributed by atoms with Gasteiger partial charge < -0.3 is 25.7 Å². The van der Waals surface area contributed by atoms with E-state index in [1.165, 1.54) is 16.5 Å². The van der Waals surface area contributed by atoms with Crippen molar-refractivity contribution in [3.05, 3.63) is 92.9 Å². The minimum absolute atomic E-state index is 0.0393. The number of aryl methyl sites for hydroxylation is 2. The van der Waals surface area contributed by atoms with Crippen molar-refractivity contribution in [2.45, 2.75) is 39.2 Å². The summed E-state index contributed by atoms with van der Waals surface area (Å²) >= 11 is 1.44. The van der Waals surface area contributed by atoms with Crippen LogP contribution in [0.3, 0.4) is 0 Å². The molecule has 7 nitrogen and oxygen atoms in total. The number of hydrogen-bond donors (Lipinski definition) is 4. The number of rotatable bonds is 10. The Labute approximate surface area is 198 Å². The fourth-order valence-electron chi connectivity index (χ4n) is 3.51. The fraction of sp³-hybridized carbons (Fsp3) is 0.280. The summed E-state index contributed by atoms with van der Waals surface area (Å²) in [6, 6.07) is 17.7. The summed E-state index contributed by atoms with van der Waals surface area (Å²) in [5, 5.41) is 6.08. The Balaban J connectivity index is 1.63. The molecular weight excluding hydrogens is 434 g/mol. The van der Waals surface area contributed by atoms with Crippen molar-refractivity contribution in [1.82, 2.24) is 9.88 Å². The molecule has 2 aromatic carbocycles. The molecule has 3 aromatic rings. The van der Waals surface area contributed by atoms with Gasteiger partial charge in [-0.15, -0.1) is 0 Å². The standard InChI is InChI=1S/C25H31N5O2S/c1-17-11-20(13-26)23(27-3)12-21(17)14-28-24(31)15-30-18(2)9-10-22(25(30)32)29-33-16-19-7-5-4-6-8-19/h4-12,27,29H,13-16,26H2,1-3H3,(H,28,31). The van der Waals surface area contributed by atoms with Gasteiger partial charge in [-0.05, 0) is 66.2 Å². The molecule has 0 aliphatic heterocycles. The van der Waals surface area contributed by atoms with Crippen molar-refractivity contribution in [2.75, 3.05) is 17.1 Å². The molecule has 8 heteroatoms. The predicted molar refractivity (Wildman–Crippen MR) is 137 cm³/mol. The smallest absolute Gasteiger partial charge is 0.275 e. The van der Waals surface area contributed by atoms with Gasteiger partial charge in [-0.1, -0.05) is 36.4 Å². The van der Waals surface area contributed by atoms with Crippen LogP contribution < -0.4 is 26.6 Å². The summed E-state index contributed by atoms with van der Waals surface area (Å²) in [6.45, 7) is 4.60. The Morgan fingerprint density at radius 3 is 2.48 bits per heavy atom. The average molecular weight is 466 g/mol. The van der Waals surface area contributed by atoms with Crippen molar-refractivity contribution in [3.63, 3.8) is 0 Å². The largest absolute Gasteiger partial charge is 0.388 e. The molecule has 33 heavy (non-hydrogen) atoms. The van der Waals surface area contributed by atoms with Crippen molar-refractivity contribution in [1.29, 1.82) is 0 Å². The van der Waals surface area contributed by atoms with E-state index >= 15 is 0 Å². The number of benzene rings is 2. The normalized spacial score (nSPS) is 10.7. The van der Waals surface area contributed by atoms with E-state index in [0.29, 0.717) is 18.8 Å². The van der Waals surface area contributed by atoms with Crippen LogP contribution in [0.15, 0.2) is 59.4 Å². The van der Waals surface area contributed by atoms with E-state index in [-0.39, 0.29) is 18.0 Å². The fourth-order valence-corrected chi connectivity index (χ4v) is 4.26. The minimum Gasteiger partial charge on any atom is -0.388 e. The van der Waals surface area contributed by atoms with E-state index in [0.717, 1.165) is 39.4 Å². The quantitative estimate of drug-likeness (QED) is 0.342. The first-order chi connectivity index (χ1) is 15.9.